The molecule has 7 heteroatoms. The van der Waals surface area contributed by atoms with Gasteiger partial charge in [-0.25, -0.2) is 0 Å². The van der Waals surface area contributed by atoms with E-state index >= 15 is 0 Å². The molecule has 0 amide bonds. The highest BCUT2D eigenvalue weighted by Gasteiger charge is 2.16. The van der Waals surface area contributed by atoms with Gasteiger partial charge < -0.3 is 14.4 Å². The van der Waals surface area contributed by atoms with Crippen LogP contribution in [0.25, 0.3) is 0 Å². The van der Waals surface area contributed by atoms with Crippen molar-refractivity contribution in [2.24, 2.45) is 0 Å². The first kappa shape index (κ1) is 12.1. The molecule has 0 fully saturated rings. The number of aliphatic hydroxyl groups excluding tert-OH is 1. The minimum Gasteiger partial charge on any atom is -0.482 e. The molecule has 1 N–H and O–H groups in total. The Hall–Kier alpha value is -2.41. The molecule has 2 rings (SSSR count). The molecule has 0 atom stereocenters. The highest BCUT2D eigenvalue weighted by atomic mass is 16.6. The molecule has 0 radical (unpaired) electrons. The predicted molar refractivity (Wildman–Crippen MR) is 59.9 cm³/mol. The molecular weight excluding hydrogens is 240 g/mol. The second-order valence-electron chi connectivity index (χ2n) is 3.54. The smallest absolute Gasteiger partial charge is 0.311 e. The molecule has 2 aromatic rings. The van der Waals surface area contributed by atoms with E-state index < -0.39 is 4.92 Å². The summed E-state index contributed by atoms with van der Waals surface area (Å²) in [5.41, 5.74) is 0.951. The zero-order chi connectivity index (χ0) is 13.0. The summed E-state index contributed by atoms with van der Waals surface area (Å²) in [6, 6.07) is 4.30. The Morgan fingerprint density at radius 1 is 1.44 bits per heavy atom. The number of aromatic nitrogens is 1. The third-order valence-corrected chi connectivity index (χ3v) is 2.28. The van der Waals surface area contributed by atoms with Crippen molar-refractivity contribution in [2.45, 2.75) is 13.2 Å². The van der Waals surface area contributed by atoms with Gasteiger partial charge >= 0.3 is 5.69 Å². The van der Waals surface area contributed by atoms with Crippen molar-refractivity contribution in [1.82, 2.24) is 5.16 Å². The molecule has 0 spiro atoms. The van der Waals surface area contributed by atoms with Gasteiger partial charge in [0.2, 0.25) is 0 Å². The van der Waals surface area contributed by atoms with Crippen molar-refractivity contribution in [3.05, 3.63) is 51.9 Å². The van der Waals surface area contributed by atoms with E-state index in [2.05, 4.69) is 9.68 Å². The molecule has 0 aliphatic heterocycles. The Morgan fingerprint density at radius 2 is 2.28 bits per heavy atom. The summed E-state index contributed by atoms with van der Waals surface area (Å²) in [5, 5.41) is 23.3. The van der Waals surface area contributed by atoms with Crippen LogP contribution in [-0.4, -0.2) is 15.2 Å². The van der Waals surface area contributed by atoms with E-state index in [1.165, 1.54) is 24.6 Å². The lowest BCUT2D eigenvalue weighted by Crippen LogP contribution is -1.99. The van der Waals surface area contributed by atoms with Crippen molar-refractivity contribution >= 4 is 5.69 Å². The Kier molecular flexibility index (Phi) is 3.54. The van der Waals surface area contributed by atoms with E-state index in [1.54, 1.807) is 6.07 Å². The van der Waals surface area contributed by atoms with Crippen LogP contribution in [0.4, 0.5) is 5.69 Å². The van der Waals surface area contributed by atoms with Gasteiger partial charge in [0.05, 0.1) is 17.7 Å². The molecule has 0 aliphatic rings. The SMILES string of the molecule is O=[N+]([O-])c1cc(CO)ccc1OCc1cnoc1. The fraction of sp³-hybridized carbons (Fsp3) is 0.182. The first-order valence-electron chi connectivity index (χ1n) is 5.10. The van der Waals surface area contributed by atoms with Crippen LogP contribution < -0.4 is 4.74 Å². The molecule has 7 nitrogen and oxygen atoms in total. The van der Waals surface area contributed by atoms with E-state index in [-0.39, 0.29) is 24.7 Å². The van der Waals surface area contributed by atoms with Crippen LogP contribution in [-0.2, 0) is 13.2 Å². The van der Waals surface area contributed by atoms with Gasteiger partial charge in [0, 0.05) is 11.6 Å². The molecule has 0 unspecified atom stereocenters. The predicted octanol–water partition coefficient (Wildman–Crippen LogP) is 1.65. The number of nitrogens with zero attached hydrogens (tertiary/aromatic N) is 2. The quantitative estimate of drug-likeness (QED) is 0.639. The summed E-state index contributed by atoms with van der Waals surface area (Å²) in [4.78, 5) is 10.3. The van der Waals surface area contributed by atoms with Crippen LogP contribution in [0.2, 0.25) is 0 Å². The first-order chi connectivity index (χ1) is 8.70. The van der Waals surface area contributed by atoms with Crippen molar-refractivity contribution < 1.29 is 19.3 Å². The van der Waals surface area contributed by atoms with Crippen LogP contribution in [0.15, 0.2) is 35.2 Å². The maximum absolute atomic E-state index is 10.9. The minimum atomic E-state index is -0.553. The number of aliphatic hydroxyl groups is 1. The Bertz CT molecular complexity index is 538. The van der Waals surface area contributed by atoms with E-state index in [1.807, 2.05) is 0 Å². The largest absolute Gasteiger partial charge is 0.482 e. The van der Waals surface area contributed by atoms with Crippen molar-refractivity contribution in [3.63, 3.8) is 0 Å². The van der Waals surface area contributed by atoms with Crippen molar-refractivity contribution in [2.75, 3.05) is 0 Å². The van der Waals surface area contributed by atoms with Crippen LogP contribution in [0.1, 0.15) is 11.1 Å². The monoisotopic (exact) mass is 250 g/mol. The number of benzene rings is 1. The number of ether oxygens (including phenoxy) is 1. The minimum absolute atomic E-state index is 0.128. The van der Waals surface area contributed by atoms with Crippen LogP contribution in [0.3, 0.4) is 0 Å². The molecular formula is C11H10N2O5. The normalized spacial score (nSPS) is 10.3. The lowest BCUT2D eigenvalue weighted by molar-refractivity contribution is -0.386. The second-order valence-corrected chi connectivity index (χ2v) is 3.54. The topological polar surface area (TPSA) is 98.6 Å². The Balaban J connectivity index is 2.18. The Morgan fingerprint density at radius 3 is 2.89 bits per heavy atom. The zero-order valence-electron chi connectivity index (χ0n) is 9.28. The molecule has 0 saturated heterocycles. The van der Waals surface area contributed by atoms with Gasteiger partial charge in [-0.05, 0) is 11.6 Å². The molecule has 0 saturated carbocycles. The number of hydrogen-bond donors (Lipinski definition) is 1. The summed E-state index contributed by atoms with van der Waals surface area (Å²) < 4.78 is 9.94. The van der Waals surface area contributed by atoms with Crippen LogP contribution >= 0.6 is 0 Å². The Labute approximate surface area is 102 Å². The second kappa shape index (κ2) is 5.28. The molecule has 1 aromatic carbocycles. The number of hydrogen-bond acceptors (Lipinski definition) is 6. The number of nitro benzene ring substituents is 1. The third kappa shape index (κ3) is 2.64. The van der Waals surface area contributed by atoms with E-state index in [0.29, 0.717) is 11.1 Å². The lowest BCUT2D eigenvalue weighted by atomic mass is 10.2. The van der Waals surface area contributed by atoms with E-state index in [9.17, 15) is 10.1 Å². The molecule has 0 bridgehead atoms. The first-order valence-corrected chi connectivity index (χ1v) is 5.10. The zero-order valence-corrected chi connectivity index (χ0v) is 9.28. The number of rotatable bonds is 5. The third-order valence-electron chi connectivity index (χ3n) is 2.28. The van der Waals surface area contributed by atoms with Gasteiger partial charge in [-0.15, -0.1) is 0 Å². The lowest BCUT2D eigenvalue weighted by Gasteiger charge is -2.06. The van der Waals surface area contributed by atoms with Gasteiger partial charge in [0.1, 0.15) is 12.9 Å². The fourth-order valence-electron chi connectivity index (χ4n) is 1.39. The van der Waals surface area contributed by atoms with Crippen molar-refractivity contribution in [1.29, 1.82) is 0 Å². The maximum atomic E-state index is 10.9. The highest BCUT2D eigenvalue weighted by Crippen LogP contribution is 2.28. The van der Waals surface area contributed by atoms with Gasteiger partial charge in [0.25, 0.3) is 0 Å². The van der Waals surface area contributed by atoms with Crippen molar-refractivity contribution in [3.8, 4) is 5.75 Å². The average molecular weight is 250 g/mol. The van der Waals surface area contributed by atoms with Gasteiger partial charge in [-0.2, -0.15) is 0 Å². The molecule has 18 heavy (non-hydrogen) atoms. The molecule has 94 valence electrons. The van der Waals surface area contributed by atoms with E-state index in [4.69, 9.17) is 9.84 Å². The summed E-state index contributed by atoms with van der Waals surface area (Å²) in [5.74, 6) is 0.137. The average Bonchev–Trinajstić information content (AvgIpc) is 2.89. The van der Waals surface area contributed by atoms with Gasteiger partial charge in [-0.1, -0.05) is 11.2 Å². The summed E-state index contributed by atoms with van der Waals surface area (Å²) in [7, 11) is 0. The molecule has 0 aliphatic carbocycles. The molecule has 1 heterocycles. The van der Waals surface area contributed by atoms with Gasteiger partial charge in [-0.3, -0.25) is 10.1 Å². The number of nitro groups is 1. The summed E-state index contributed by atoms with van der Waals surface area (Å²) in [6.07, 6.45) is 2.86. The summed E-state index contributed by atoms with van der Waals surface area (Å²) in [6.45, 7) is -0.129. The highest BCUT2D eigenvalue weighted by molar-refractivity contribution is 5.48. The summed E-state index contributed by atoms with van der Waals surface area (Å²) >= 11 is 0. The van der Waals surface area contributed by atoms with E-state index in [0.717, 1.165) is 0 Å². The maximum Gasteiger partial charge on any atom is 0.311 e. The van der Waals surface area contributed by atoms with Crippen LogP contribution in [0.5, 0.6) is 5.75 Å². The fourth-order valence-corrected chi connectivity index (χ4v) is 1.39. The van der Waals surface area contributed by atoms with Gasteiger partial charge in [0.15, 0.2) is 5.75 Å². The standard InChI is InChI=1S/C11H10N2O5/c14-5-8-1-2-11(10(3-8)13(15)16)17-6-9-4-12-18-7-9/h1-4,7,14H,5-6H2. The van der Waals surface area contributed by atoms with Crippen LogP contribution in [0, 0.1) is 10.1 Å². The molecule has 1 aromatic heterocycles.